The van der Waals surface area contributed by atoms with Crippen LogP contribution in [0.25, 0.3) is 11.4 Å². The first-order valence-electron chi connectivity index (χ1n) is 7.55. The lowest BCUT2D eigenvalue weighted by Gasteiger charge is -2.08. The van der Waals surface area contributed by atoms with Crippen molar-refractivity contribution in [3.8, 4) is 17.1 Å². The zero-order valence-corrected chi connectivity index (χ0v) is 15.3. The van der Waals surface area contributed by atoms with Gasteiger partial charge in [-0.25, -0.2) is 0 Å². The van der Waals surface area contributed by atoms with Gasteiger partial charge in [-0.3, -0.25) is 4.79 Å². The van der Waals surface area contributed by atoms with Crippen LogP contribution in [-0.4, -0.2) is 33.4 Å². The van der Waals surface area contributed by atoms with Crippen molar-refractivity contribution in [2.24, 2.45) is 7.05 Å². The molecule has 0 N–H and O–H groups in total. The molecule has 2 aromatic carbocycles. The maximum absolute atomic E-state index is 12.3. The number of halogens is 1. The van der Waals surface area contributed by atoms with Crippen molar-refractivity contribution in [3.63, 3.8) is 0 Å². The fraction of sp³-hybridized carbons (Fsp3) is 0.167. The number of hydrogen-bond donors (Lipinski definition) is 0. The second-order valence-corrected chi connectivity index (χ2v) is 6.61. The van der Waals surface area contributed by atoms with E-state index in [0.29, 0.717) is 21.6 Å². The van der Waals surface area contributed by atoms with Crippen LogP contribution in [0.2, 0.25) is 5.02 Å². The van der Waals surface area contributed by atoms with Crippen LogP contribution in [0.15, 0.2) is 53.7 Å². The molecule has 5 nitrogen and oxygen atoms in total. The van der Waals surface area contributed by atoms with Crippen LogP contribution in [0.4, 0.5) is 0 Å². The van der Waals surface area contributed by atoms with Crippen molar-refractivity contribution in [3.05, 3.63) is 59.1 Å². The topological polar surface area (TPSA) is 57.0 Å². The summed E-state index contributed by atoms with van der Waals surface area (Å²) in [7, 11) is 3.48. The molecule has 0 aliphatic rings. The predicted octanol–water partition coefficient (Wildman–Crippen LogP) is 4.12. The van der Waals surface area contributed by atoms with E-state index in [1.165, 1.54) is 11.8 Å². The molecule has 128 valence electrons. The molecule has 25 heavy (non-hydrogen) atoms. The summed E-state index contributed by atoms with van der Waals surface area (Å²) in [6.07, 6.45) is 0. The summed E-state index contributed by atoms with van der Waals surface area (Å²) in [4.78, 5) is 12.3. The fourth-order valence-electron chi connectivity index (χ4n) is 2.40. The molecule has 0 fully saturated rings. The van der Waals surface area contributed by atoms with E-state index in [-0.39, 0.29) is 11.5 Å². The average molecular weight is 374 g/mol. The first-order chi connectivity index (χ1) is 12.1. The average Bonchev–Trinajstić information content (AvgIpc) is 3.00. The van der Waals surface area contributed by atoms with Crippen molar-refractivity contribution in [2.75, 3.05) is 12.9 Å². The van der Waals surface area contributed by atoms with E-state index in [1.807, 2.05) is 35.9 Å². The van der Waals surface area contributed by atoms with Crippen LogP contribution in [0, 0.1) is 0 Å². The van der Waals surface area contributed by atoms with Gasteiger partial charge in [0.1, 0.15) is 5.75 Å². The number of nitrogens with zero attached hydrogens (tertiary/aromatic N) is 3. The second-order valence-electron chi connectivity index (χ2n) is 5.26. The van der Waals surface area contributed by atoms with Crippen molar-refractivity contribution in [2.45, 2.75) is 5.16 Å². The van der Waals surface area contributed by atoms with Crippen molar-refractivity contribution in [1.29, 1.82) is 0 Å². The van der Waals surface area contributed by atoms with Crippen LogP contribution >= 0.6 is 23.4 Å². The van der Waals surface area contributed by atoms with E-state index in [0.717, 1.165) is 11.3 Å². The Morgan fingerprint density at radius 2 is 1.88 bits per heavy atom. The lowest BCUT2D eigenvalue weighted by atomic mass is 10.1. The molecule has 0 radical (unpaired) electrons. The van der Waals surface area contributed by atoms with E-state index in [1.54, 1.807) is 31.4 Å². The Labute approximate surface area is 155 Å². The number of rotatable bonds is 6. The van der Waals surface area contributed by atoms with E-state index >= 15 is 0 Å². The molecule has 0 unspecified atom stereocenters. The second kappa shape index (κ2) is 7.72. The van der Waals surface area contributed by atoms with Gasteiger partial charge in [-0.1, -0.05) is 47.6 Å². The fourth-order valence-corrected chi connectivity index (χ4v) is 3.44. The van der Waals surface area contributed by atoms with Crippen LogP contribution in [-0.2, 0) is 7.05 Å². The number of benzene rings is 2. The molecule has 0 saturated heterocycles. The predicted molar refractivity (Wildman–Crippen MR) is 99.5 cm³/mol. The third-order valence-corrected chi connectivity index (χ3v) is 5.04. The Bertz CT molecular complexity index is 911. The maximum Gasteiger partial charge on any atom is 0.191 e. The molecule has 1 heterocycles. The Kier molecular flexibility index (Phi) is 5.40. The molecule has 0 bridgehead atoms. The molecular weight excluding hydrogens is 358 g/mol. The molecular formula is C18H16ClN3O2S. The Hall–Kier alpha value is -2.31. The van der Waals surface area contributed by atoms with Crippen LogP contribution in [0.1, 0.15) is 10.4 Å². The van der Waals surface area contributed by atoms with E-state index < -0.39 is 0 Å². The molecule has 0 amide bonds. The van der Waals surface area contributed by atoms with E-state index in [4.69, 9.17) is 16.3 Å². The number of hydrogen-bond acceptors (Lipinski definition) is 5. The van der Waals surface area contributed by atoms with Crippen LogP contribution in [0.3, 0.4) is 0 Å². The summed E-state index contributed by atoms with van der Waals surface area (Å²) in [5.41, 5.74) is 1.37. The van der Waals surface area contributed by atoms with Gasteiger partial charge in [0.15, 0.2) is 16.8 Å². The third kappa shape index (κ3) is 3.70. The first kappa shape index (κ1) is 17.5. The molecule has 1 aromatic heterocycles. The highest BCUT2D eigenvalue weighted by Gasteiger charge is 2.17. The first-order valence-corrected chi connectivity index (χ1v) is 8.91. The molecule has 0 aliphatic carbocycles. The zero-order valence-electron chi connectivity index (χ0n) is 13.8. The minimum atomic E-state index is -0.0440. The molecule has 3 rings (SSSR count). The van der Waals surface area contributed by atoms with Gasteiger partial charge in [0.25, 0.3) is 0 Å². The molecule has 0 aliphatic heterocycles. The number of carbonyl (C=O) groups excluding carboxylic acids is 1. The lowest BCUT2D eigenvalue weighted by Crippen LogP contribution is -2.04. The Morgan fingerprint density at radius 3 is 2.64 bits per heavy atom. The number of methoxy groups -OCH3 is 1. The van der Waals surface area contributed by atoms with E-state index in [9.17, 15) is 4.79 Å². The monoisotopic (exact) mass is 373 g/mol. The molecule has 0 saturated carbocycles. The van der Waals surface area contributed by atoms with Gasteiger partial charge in [0.2, 0.25) is 0 Å². The zero-order chi connectivity index (χ0) is 17.8. The number of carbonyl (C=O) groups is 1. The normalized spacial score (nSPS) is 10.7. The van der Waals surface area contributed by atoms with Gasteiger partial charge in [-0.15, -0.1) is 10.2 Å². The minimum Gasteiger partial charge on any atom is -0.496 e. The quantitative estimate of drug-likeness (QED) is 0.480. The highest BCUT2D eigenvalue weighted by molar-refractivity contribution is 7.99. The largest absolute Gasteiger partial charge is 0.496 e. The summed E-state index contributed by atoms with van der Waals surface area (Å²) >= 11 is 7.40. The number of ether oxygens (including phenoxy) is 1. The Morgan fingerprint density at radius 1 is 1.16 bits per heavy atom. The summed E-state index contributed by atoms with van der Waals surface area (Å²) < 4.78 is 7.23. The smallest absolute Gasteiger partial charge is 0.191 e. The maximum atomic E-state index is 12.3. The number of para-hydroxylation sites is 1. The van der Waals surface area contributed by atoms with E-state index in [2.05, 4.69) is 10.2 Å². The number of ketones is 1. The van der Waals surface area contributed by atoms with Gasteiger partial charge in [-0.05, 0) is 24.3 Å². The van der Waals surface area contributed by atoms with Gasteiger partial charge in [0.05, 0.1) is 23.4 Å². The van der Waals surface area contributed by atoms with Crippen LogP contribution in [0.5, 0.6) is 5.75 Å². The SMILES string of the molecule is COc1ccccc1-c1nnc(SCC(=O)c2ccccc2Cl)n1C. The summed E-state index contributed by atoms with van der Waals surface area (Å²) in [6, 6.07) is 14.6. The lowest BCUT2D eigenvalue weighted by molar-refractivity contribution is 0.102. The number of aromatic nitrogens is 3. The molecule has 0 atom stereocenters. The molecule has 3 aromatic rings. The van der Waals surface area contributed by atoms with Gasteiger partial charge in [0, 0.05) is 12.6 Å². The highest BCUT2D eigenvalue weighted by atomic mass is 35.5. The standard InChI is InChI=1S/C18H16ClN3O2S/c1-22-17(13-8-4-6-10-16(13)24-2)20-21-18(22)25-11-15(23)12-7-3-5-9-14(12)19/h3-10H,11H2,1-2H3. The van der Waals surface area contributed by atoms with Gasteiger partial charge >= 0.3 is 0 Å². The molecule has 7 heteroatoms. The van der Waals surface area contributed by atoms with Gasteiger partial charge < -0.3 is 9.30 Å². The van der Waals surface area contributed by atoms with Crippen LogP contribution < -0.4 is 4.74 Å². The summed E-state index contributed by atoms with van der Waals surface area (Å²) in [5.74, 6) is 1.60. The summed E-state index contributed by atoms with van der Waals surface area (Å²) in [6.45, 7) is 0. The van der Waals surface area contributed by atoms with Crippen molar-refractivity contribution < 1.29 is 9.53 Å². The third-order valence-electron chi connectivity index (χ3n) is 3.69. The number of Topliss-reactive ketones (excluding diaryl/α,β-unsaturated/α-hetero) is 1. The molecule has 0 spiro atoms. The summed E-state index contributed by atoms with van der Waals surface area (Å²) in [5, 5.41) is 9.54. The van der Waals surface area contributed by atoms with Crippen molar-refractivity contribution in [1.82, 2.24) is 14.8 Å². The number of thioether (sulfide) groups is 1. The van der Waals surface area contributed by atoms with Crippen molar-refractivity contribution >= 4 is 29.1 Å². The minimum absolute atomic E-state index is 0.0440. The Balaban J connectivity index is 1.78. The highest BCUT2D eigenvalue weighted by Crippen LogP contribution is 2.30. The van der Waals surface area contributed by atoms with Gasteiger partial charge in [-0.2, -0.15) is 0 Å².